The van der Waals surface area contributed by atoms with Crippen LogP contribution in [0.4, 0.5) is 11.4 Å². The lowest BCUT2D eigenvalue weighted by atomic mass is 10.1. The number of benzene rings is 3. The van der Waals surface area contributed by atoms with Gasteiger partial charge >= 0.3 is 0 Å². The predicted octanol–water partition coefficient (Wildman–Crippen LogP) is 5.08. The van der Waals surface area contributed by atoms with E-state index < -0.39 is 10.0 Å². The fraction of sp³-hybridized carbons (Fsp3) is 0.174. The Balaban J connectivity index is 1.65. The molecular formula is C23H23ClN2O4S. The molecule has 0 aromatic heterocycles. The first-order chi connectivity index (χ1) is 14.6. The normalized spacial score (nSPS) is 11.1. The van der Waals surface area contributed by atoms with Crippen LogP contribution in [0.3, 0.4) is 0 Å². The molecule has 0 saturated carbocycles. The van der Waals surface area contributed by atoms with E-state index >= 15 is 0 Å². The Hall–Kier alpha value is -3.03. The van der Waals surface area contributed by atoms with Crippen LogP contribution in [0, 0.1) is 20.8 Å². The second-order valence-corrected chi connectivity index (χ2v) is 9.31. The molecule has 0 saturated heterocycles. The van der Waals surface area contributed by atoms with Gasteiger partial charge in [0.05, 0.1) is 4.90 Å². The summed E-state index contributed by atoms with van der Waals surface area (Å²) >= 11 is 5.83. The number of sulfonamides is 1. The summed E-state index contributed by atoms with van der Waals surface area (Å²) in [5.74, 6) is 0.135. The van der Waals surface area contributed by atoms with Crippen molar-refractivity contribution in [1.82, 2.24) is 0 Å². The Kier molecular flexibility index (Phi) is 6.87. The zero-order chi connectivity index (χ0) is 22.6. The van der Waals surface area contributed by atoms with Gasteiger partial charge in [0.2, 0.25) is 0 Å². The number of halogens is 1. The largest absolute Gasteiger partial charge is 0.483 e. The van der Waals surface area contributed by atoms with Crippen LogP contribution in [0.2, 0.25) is 5.02 Å². The minimum atomic E-state index is -3.77. The Morgan fingerprint density at radius 2 is 1.65 bits per heavy atom. The van der Waals surface area contributed by atoms with Gasteiger partial charge in [-0.05, 0) is 86.0 Å². The fourth-order valence-electron chi connectivity index (χ4n) is 2.88. The number of anilines is 2. The molecule has 3 aromatic rings. The van der Waals surface area contributed by atoms with Gasteiger partial charge in [-0.25, -0.2) is 8.42 Å². The minimum absolute atomic E-state index is 0.0899. The van der Waals surface area contributed by atoms with E-state index in [1.807, 2.05) is 32.0 Å². The van der Waals surface area contributed by atoms with Gasteiger partial charge < -0.3 is 10.1 Å². The van der Waals surface area contributed by atoms with Crippen molar-refractivity contribution in [3.8, 4) is 5.75 Å². The maximum atomic E-state index is 12.6. The van der Waals surface area contributed by atoms with Crippen LogP contribution in [0.25, 0.3) is 0 Å². The molecule has 3 aromatic carbocycles. The molecule has 0 radical (unpaired) electrons. The second kappa shape index (κ2) is 9.41. The standard InChI is InChI=1S/C23H23ClN2O4S/c1-15-4-5-16(2)21(12-15)25-23(27)14-30-22-11-10-20(13-17(22)3)31(28,29)26-19-8-6-18(24)7-9-19/h4-13,26H,14H2,1-3H3,(H,25,27). The van der Waals surface area contributed by atoms with Crippen LogP contribution in [0.15, 0.2) is 65.6 Å². The molecule has 31 heavy (non-hydrogen) atoms. The first-order valence-corrected chi connectivity index (χ1v) is 11.4. The average Bonchev–Trinajstić information content (AvgIpc) is 2.71. The monoisotopic (exact) mass is 458 g/mol. The summed E-state index contributed by atoms with van der Waals surface area (Å²) in [7, 11) is -3.77. The van der Waals surface area contributed by atoms with Crippen LogP contribution in [0.1, 0.15) is 16.7 Å². The van der Waals surface area contributed by atoms with Crippen LogP contribution in [0.5, 0.6) is 5.75 Å². The molecule has 8 heteroatoms. The smallest absolute Gasteiger partial charge is 0.262 e. The Labute approximate surface area is 187 Å². The molecule has 0 fully saturated rings. The lowest BCUT2D eigenvalue weighted by molar-refractivity contribution is -0.118. The molecule has 162 valence electrons. The number of ether oxygens (including phenoxy) is 1. The van der Waals surface area contributed by atoms with E-state index in [1.54, 1.807) is 31.2 Å². The molecule has 0 aliphatic heterocycles. The summed E-state index contributed by atoms with van der Waals surface area (Å²) in [6.07, 6.45) is 0. The number of amides is 1. The third-order valence-electron chi connectivity index (χ3n) is 4.58. The van der Waals surface area contributed by atoms with Gasteiger partial charge in [0, 0.05) is 16.4 Å². The number of aryl methyl sites for hydroxylation is 3. The third kappa shape index (κ3) is 5.99. The van der Waals surface area contributed by atoms with Gasteiger partial charge in [-0.15, -0.1) is 0 Å². The van der Waals surface area contributed by atoms with Crippen LogP contribution >= 0.6 is 11.6 Å². The summed E-state index contributed by atoms with van der Waals surface area (Å²) in [6.45, 7) is 5.40. The molecule has 0 bridgehead atoms. The number of carbonyl (C=O) groups is 1. The topological polar surface area (TPSA) is 84.5 Å². The zero-order valence-electron chi connectivity index (χ0n) is 17.4. The molecular weight excluding hydrogens is 436 g/mol. The first-order valence-electron chi connectivity index (χ1n) is 9.53. The Morgan fingerprint density at radius 1 is 0.935 bits per heavy atom. The van der Waals surface area contributed by atoms with E-state index in [4.69, 9.17) is 16.3 Å². The van der Waals surface area contributed by atoms with Gasteiger partial charge in [0.25, 0.3) is 15.9 Å². The van der Waals surface area contributed by atoms with Crippen molar-refractivity contribution in [2.45, 2.75) is 25.7 Å². The van der Waals surface area contributed by atoms with Crippen LogP contribution in [-0.2, 0) is 14.8 Å². The molecule has 0 atom stereocenters. The summed E-state index contributed by atoms with van der Waals surface area (Å²) in [5, 5.41) is 3.34. The molecule has 0 aliphatic rings. The van der Waals surface area contributed by atoms with E-state index in [9.17, 15) is 13.2 Å². The van der Waals surface area contributed by atoms with Crippen molar-refractivity contribution < 1.29 is 17.9 Å². The van der Waals surface area contributed by atoms with Gasteiger partial charge in [-0.2, -0.15) is 0 Å². The van der Waals surface area contributed by atoms with E-state index in [2.05, 4.69) is 10.0 Å². The van der Waals surface area contributed by atoms with E-state index in [0.717, 1.165) is 16.8 Å². The van der Waals surface area contributed by atoms with Crippen molar-refractivity contribution in [3.63, 3.8) is 0 Å². The highest BCUT2D eigenvalue weighted by atomic mass is 35.5. The van der Waals surface area contributed by atoms with E-state index in [1.165, 1.54) is 18.2 Å². The van der Waals surface area contributed by atoms with Crippen LogP contribution < -0.4 is 14.8 Å². The average molecular weight is 459 g/mol. The quantitative estimate of drug-likeness (QED) is 0.516. The highest BCUT2D eigenvalue weighted by Crippen LogP contribution is 2.24. The minimum Gasteiger partial charge on any atom is -0.483 e. The molecule has 3 rings (SSSR count). The molecule has 0 aliphatic carbocycles. The summed E-state index contributed by atoms with van der Waals surface area (Å²) in [4.78, 5) is 12.4. The molecule has 1 amide bonds. The van der Waals surface area contributed by atoms with Gasteiger partial charge in [0.15, 0.2) is 6.61 Å². The number of carbonyl (C=O) groups excluding carboxylic acids is 1. The number of hydrogen-bond acceptors (Lipinski definition) is 4. The van der Waals surface area contributed by atoms with Crippen LogP contribution in [-0.4, -0.2) is 20.9 Å². The molecule has 0 heterocycles. The number of hydrogen-bond donors (Lipinski definition) is 2. The first kappa shape index (κ1) is 22.7. The maximum Gasteiger partial charge on any atom is 0.262 e. The molecule has 0 spiro atoms. The Morgan fingerprint density at radius 3 is 2.32 bits per heavy atom. The predicted molar refractivity (Wildman–Crippen MR) is 123 cm³/mol. The van der Waals surface area contributed by atoms with Crippen molar-refractivity contribution in [2.75, 3.05) is 16.6 Å². The van der Waals surface area contributed by atoms with E-state index in [0.29, 0.717) is 22.0 Å². The van der Waals surface area contributed by atoms with Gasteiger partial charge in [0.1, 0.15) is 5.75 Å². The highest BCUT2D eigenvalue weighted by Gasteiger charge is 2.16. The molecule has 6 nitrogen and oxygen atoms in total. The lowest BCUT2D eigenvalue weighted by Crippen LogP contribution is -2.21. The number of nitrogens with one attached hydrogen (secondary N) is 2. The highest BCUT2D eigenvalue weighted by molar-refractivity contribution is 7.92. The molecule has 0 unspecified atom stereocenters. The van der Waals surface area contributed by atoms with Crippen molar-refractivity contribution in [2.24, 2.45) is 0 Å². The summed E-state index contributed by atoms with van der Waals surface area (Å²) in [5.41, 5.74) is 3.74. The van der Waals surface area contributed by atoms with E-state index in [-0.39, 0.29) is 17.4 Å². The third-order valence-corrected chi connectivity index (χ3v) is 6.21. The molecule has 2 N–H and O–H groups in total. The fourth-order valence-corrected chi connectivity index (χ4v) is 4.15. The lowest BCUT2D eigenvalue weighted by Gasteiger charge is -2.13. The van der Waals surface area contributed by atoms with Crippen molar-refractivity contribution >= 4 is 38.9 Å². The maximum absolute atomic E-state index is 12.6. The summed E-state index contributed by atoms with van der Waals surface area (Å²) in [6, 6.07) is 16.6. The van der Waals surface area contributed by atoms with Crippen molar-refractivity contribution in [3.05, 3.63) is 82.4 Å². The van der Waals surface area contributed by atoms with Gasteiger partial charge in [-0.1, -0.05) is 23.7 Å². The Bertz CT molecular complexity index is 1210. The second-order valence-electron chi connectivity index (χ2n) is 7.19. The number of rotatable bonds is 7. The SMILES string of the molecule is Cc1ccc(C)c(NC(=O)COc2ccc(S(=O)(=O)Nc3ccc(Cl)cc3)cc2C)c1. The summed E-state index contributed by atoms with van der Waals surface area (Å²) < 4.78 is 33.4. The van der Waals surface area contributed by atoms with Gasteiger partial charge in [-0.3, -0.25) is 9.52 Å². The zero-order valence-corrected chi connectivity index (χ0v) is 19.0. The van der Waals surface area contributed by atoms with Crippen molar-refractivity contribution in [1.29, 1.82) is 0 Å².